The minimum atomic E-state index is -0.00856. The van der Waals surface area contributed by atoms with Gasteiger partial charge in [-0.1, -0.05) is 0 Å². The Balaban J connectivity index is 2.32. The van der Waals surface area contributed by atoms with Crippen molar-refractivity contribution >= 4 is 35.5 Å². The first-order chi connectivity index (χ1) is 6.79. The Hall–Kier alpha value is -1.49. The maximum absolute atomic E-state index is 11.1. The van der Waals surface area contributed by atoms with E-state index in [2.05, 4.69) is 10.6 Å². The van der Waals surface area contributed by atoms with Crippen molar-refractivity contribution in [2.24, 2.45) is 0 Å². The molecule has 0 unspecified atom stereocenters. The van der Waals surface area contributed by atoms with Crippen molar-refractivity contribution < 1.29 is 9.59 Å². The van der Waals surface area contributed by atoms with Crippen LogP contribution in [0.1, 0.15) is 0 Å². The maximum Gasteiger partial charge on any atom is 0.234 e. The van der Waals surface area contributed by atoms with Crippen LogP contribution in [0, 0.1) is 0 Å². The number of thioether (sulfide) groups is 1. The van der Waals surface area contributed by atoms with Gasteiger partial charge in [-0.15, -0.1) is 11.8 Å². The summed E-state index contributed by atoms with van der Waals surface area (Å²) >= 11 is 1.50. The molecule has 0 saturated heterocycles. The number of hydrogen-bond donors (Lipinski definition) is 2. The Morgan fingerprint density at radius 1 is 1.50 bits per heavy atom. The number of nitrogens with one attached hydrogen (secondary N) is 2. The highest BCUT2D eigenvalue weighted by Gasteiger charge is 2.14. The summed E-state index contributed by atoms with van der Waals surface area (Å²) in [6, 6.07) is 5.43. The van der Waals surface area contributed by atoms with E-state index in [1.807, 2.05) is 6.07 Å². The smallest absolute Gasteiger partial charge is 0.234 e. The van der Waals surface area contributed by atoms with Gasteiger partial charge in [-0.25, -0.2) is 0 Å². The van der Waals surface area contributed by atoms with Gasteiger partial charge in [-0.3, -0.25) is 9.59 Å². The number of fused-ring (bicyclic) bond motifs is 1. The third-order valence-electron chi connectivity index (χ3n) is 1.84. The molecule has 2 amide bonds. The van der Waals surface area contributed by atoms with Crippen LogP contribution in [0.5, 0.6) is 0 Å². The molecule has 0 saturated carbocycles. The average molecular weight is 208 g/mol. The van der Waals surface area contributed by atoms with Gasteiger partial charge in [0.25, 0.3) is 0 Å². The Morgan fingerprint density at radius 3 is 3.14 bits per heavy atom. The van der Waals surface area contributed by atoms with Crippen LogP contribution in [0.2, 0.25) is 0 Å². The highest BCUT2D eigenvalue weighted by molar-refractivity contribution is 8.00. The second-order valence-electron chi connectivity index (χ2n) is 2.81. The number of anilines is 2. The molecule has 1 aromatic rings. The van der Waals surface area contributed by atoms with E-state index in [9.17, 15) is 9.59 Å². The molecule has 2 N–H and O–H groups in total. The summed E-state index contributed by atoms with van der Waals surface area (Å²) in [6.45, 7) is 0. The fraction of sp³-hybridized carbons (Fsp3) is 0.111. The first-order valence-corrected chi connectivity index (χ1v) is 5.05. The van der Waals surface area contributed by atoms with Crippen molar-refractivity contribution in [2.45, 2.75) is 4.90 Å². The summed E-state index contributed by atoms with van der Waals surface area (Å²) in [4.78, 5) is 22.3. The van der Waals surface area contributed by atoms with Crippen molar-refractivity contribution in [1.82, 2.24) is 0 Å². The Morgan fingerprint density at radius 2 is 2.36 bits per heavy atom. The van der Waals surface area contributed by atoms with E-state index >= 15 is 0 Å². The second kappa shape index (κ2) is 3.71. The van der Waals surface area contributed by atoms with Gasteiger partial charge in [0.05, 0.1) is 11.4 Å². The molecule has 0 fully saturated rings. The molecular formula is C9H8N2O2S. The fourth-order valence-electron chi connectivity index (χ4n) is 1.24. The van der Waals surface area contributed by atoms with Crippen LogP contribution in [0.15, 0.2) is 23.1 Å². The standard InChI is InChI=1S/C9H8N2O2S/c12-5-10-6-1-2-8-7(3-6)11-9(13)4-14-8/h1-3,5H,4H2,(H,10,12)(H,11,13). The van der Waals surface area contributed by atoms with Crippen LogP contribution < -0.4 is 10.6 Å². The molecule has 1 aromatic carbocycles. The van der Waals surface area contributed by atoms with Crippen LogP contribution in [0.25, 0.3) is 0 Å². The van der Waals surface area contributed by atoms with Crippen molar-refractivity contribution in [3.63, 3.8) is 0 Å². The average Bonchev–Trinajstić information content (AvgIpc) is 2.17. The molecule has 14 heavy (non-hydrogen) atoms. The van der Waals surface area contributed by atoms with E-state index in [1.54, 1.807) is 12.1 Å². The molecule has 2 rings (SSSR count). The fourth-order valence-corrected chi connectivity index (χ4v) is 2.03. The van der Waals surface area contributed by atoms with Gasteiger partial charge in [0, 0.05) is 10.6 Å². The third kappa shape index (κ3) is 1.72. The lowest BCUT2D eigenvalue weighted by atomic mass is 10.2. The summed E-state index contributed by atoms with van der Waals surface area (Å²) < 4.78 is 0. The summed E-state index contributed by atoms with van der Waals surface area (Å²) in [5.74, 6) is 0.443. The van der Waals surface area contributed by atoms with Gasteiger partial charge in [0.1, 0.15) is 0 Å². The highest BCUT2D eigenvalue weighted by Crippen LogP contribution is 2.33. The van der Waals surface area contributed by atoms with Crippen LogP contribution in [0.4, 0.5) is 11.4 Å². The normalized spacial score (nSPS) is 14.1. The van der Waals surface area contributed by atoms with Gasteiger partial charge in [0.2, 0.25) is 12.3 Å². The molecule has 1 heterocycles. The lowest BCUT2D eigenvalue weighted by Crippen LogP contribution is -2.18. The van der Waals surface area contributed by atoms with Gasteiger partial charge >= 0.3 is 0 Å². The summed E-state index contributed by atoms with van der Waals surface area (Å²) in [7, 11) is 0. The predicted molar refractivity (Wildman–Crippen MR) is 55.5 cm³/mol. The van der Waals surface area contributed by atoms with Crippen molar-refractivity contribution in [3.8, 4) is 0 Å². The summed E-state index contributed by atoms with van der Waals surface area (Å²) in [5.41, 5.74) is 1.44. The van der Waals surface area contributed by atoms with Crippen LogP contribution in [0.3, 0.4) is 0 Å². The lowest BCUT2D eigenvalue weighted by Gasteiger charge is -2.16. The zero-order chi connectivity index (χ0) is 9.97. The quantitative estimate of drug-likeness (QED) is 0.720. The number of carbonyl (C=O) groups excluding carboxylic acids is 2. The molecule has 0 aliphatic carbocycles. The minimum absolute atomic E-state index is 0.00856. The minimum Gasteiger partial charge on any atom is -0.329 e. The number of benzene rings is 1. The SMILES string of the molecule is O=CNc1ccc2c(c1)NC(=O)CS2. The van der Waals surface area contributed by atoms with Crippen molar-refractivity contribution in [2.75, 3.05) is 16.4 Å². The zero-order valence-electron chi connectivity index (χ0n) is 7.24. The van der Waals surface area contributed by atoms with Crippen molar-refractivity contribution in [1.29, 1.82) is 0 Å². The molecule has 1 aliphatic rings. The third-order valence-corrected chi connectivity index (χ3v) is 2.91. The highest BCUT2D eigenvalue weighted by atomic mass is 32.2. The largest absolute Gasteiger partial charge is 0.329 e. The molecular weight excluding hydrogens is 200 g/mol. The van der Waals surface area contributed by atoms with E-state index in [-0.39, 0.29) is 5.91 Å². The van der Waals surface area contributed by atoms with Crippen LogP contribution in [-0.2, 0) is 9.59 Å². The first kappa shape index (κ1) is 9.08. The number of hydrogen-bond acceptors (Lipinski definition) is 3. The van der Waals surface area contributed by atoms with Gasteiger partial charge in [0.15, 0.2) is 0 Å². The van der Waals surface area contributed by atoms with Gasteiger partial charge in [-0.2, -0.15) is 0 Å². The van der Waals surface area contributed by atoms with E-state index in [0.29, 0.717) is 17.9 Å². The second-order valence-corrected chi connectivity index (χ2v) is 3.83. The van der Waals surface area contributed by atoms with E-state index < -0.39 is 0 Å². The van der Waals surface area contributed by atoms with E-state index in [1.165, 1.54) is 11.8 Å². The molecule has 0 bridgehead atoms. The molecule has 0 aromatic heterocycles. The molecule has 72 valence electrons. The molecule has 1 aliphatic heterocycles. The van der Waals surface area contributed by atoms with E-state index in [4.69, 9.17) is 0 Å². The number of rotatable bonds is 2. The summed E-state index contributed by atoms with van der Waals surface area (Å²) in [5, 5.41) is 5.27. The molecule has 0 radical (unpaired) electrons. The Kier molecular flexibility index (Phi) is 2.41. The predicted octanol–water partition coefficient (Wildman–Crippen LogP) is 1.30. The molecule has 0 atom stereocenters. The van der Waals surface area contributed by atoms with E-state index in [0.717, 1.165) is 10.6 Å². The summed E-state index contributed by atoms with van der Waals surface area (Å²) in [6.07, 6.45) is 0.611. The van der Waals surface area contributed by atoms with Crippen molar-refractivity contribution in [3.05, 3.63) is 18.2 Å². The molecule has 4 nitrogen and oxygen atoms in total. The number of amides is 2. The zero-order valence-corrected chi connectivity index (χ0v) is 8.06. The van der Waals surface area contributed by atoms with Gasteiger partial charge < -0.3 is 10.6 Å². The Labute approximate surface area is 85.1 Å². The lowest BCUT2D eigenvalue weighted by molar-refractivity contribution is -0.114. The number of carbonyl (C=O) groups is 2. The molecule has 5 heteroatoms. The van der Waals surface area contributed by atoms with Crippen LogP contribution >= 0.6 is 11.8 Å². The van der Waals surface area contributed by atoms with Gasteiger partial charge in [-0.05, 0) is 18.2 Å². The Bertz CT molecular complexity index is 392. The van der Waals surface area contributed by atoms with Crippen LogP contribution in [-0.4, -0.2) is 18.1 Å². The molecule has 0 spiro atoms. The first-order valence-electron chi connectivity index (χ1n) is 4.06. The topological polar surface area (TPSA) is 58.2 Å². The maximum atomic E-state index is 11.1. The monoisotopic (exact) mass is 208 g/mol.